The van der Waals surface area contributed by atoms with Crippen LogP contribution < -0.4 is 5.32 Å². The molecular formula is C18H31NO. The third-order valence-corrected chi connectivity index (χ3v) is 4.18. The first-order valence-electron chi connectivity index (χ1n) is 7.93. The standard InChI is InChI=1S/C18H31NO/c1-5-8-15(2)18(14-19-11-12-20-4)13-17-10-7-6-9-16(17)3/h6-7,9-10,15,18-19H,5,8,11-14H2,1-4H3. The number of methoxy groups -OCH3 is 1. The van der Waals surface area contributed by atoms with Crippen LogP contribution in [0.2, 0.25) is 0 Å². The zero-order chi connectivity index (χ0) is 14.8. The predicted octanol–water partition coefficient (Wildman–Crippen LogP) is 3.83. The van der Waals surface area contributed by atoms with Gasteiger partial charge < -0.3 is 10.1 Å². The quantitative estimate of drug-likeness (QED) is 0.656. The predicted molar refractivity (Wildman–Crippen MR) is 87.2 cm³/mol. The monoisotopic (exact) mass is 277 g/mol. The van der Waals surface area contributed by atoms with Crippen LogP contribution in [0.3, 0.4) is 0 Å². The first kappa shape index (κ1) is 17.2. The van der Waals surface area contributed by atoms with Crippen molar-refractivity contribution in [3.05, 3.63) is 35.4 Å². The summed E-state index contributed by atoms with van der Waals surface area (Å²) in [5, 5.41) is 3.54. The summed E-state index contributed by atoms with van der Waals surface area (Å²) in [6, 6.07) is 8.77. The summed E-state index contributed by atoms with van der Waals surface area (Å²) in [6.45, 7) is 9.71. The highest BCUT2D eigenvalue weighted by atomic mass is 16.5. The Morgan fingerprint density at radius 2 is 2.00 bits per heavy atom. The maximum Gasteiger partial charge on any atom is 0.0587 e. The van der Waals surface area contributed by atoms with Crippen molar-refractivity contribution in [2.24, 2.45) is 11.8 Å². The first-order chi connectivity index (χ1) is 9.69. The van der Waals surface area contributed by atoms with E-state index < -0.39 is 0 Å². The van der Waals surface area contributed by atoms with Gasteiger partial charge in [0.05, 0.1) is 6.61 Å². The smallest absolute Gasteiger partial charge is 0.0587 e. The van der Waals surface area contributed by atoms with Crippen molar-refractivity contribution < 1.29 is 4.74 Å². The number of hydrogen-bond acceptors (Lipinski definition) is 2. The molecule has 0 aliphatic carbocycles. The Kier molecular flexibility index (Phi) is 8.56. The van der Waals surface area contributed by atoms with Gasteiger partial charge in [-0.1, -0.05) is 51.0 Å². The molecule has 0 aliphatic rings. The Balaban J connectivity index is 2.59. The highest BCUT2D eigenvalue weighted by Gasteiger charge is 2.17. The number of nitrogens with one attached hydrogen (secondary N) is 1. The van der Waals surface area contributed by atoms with E-state index in [1.54, 1.807) is 7.11 Å². The second-order valence-corrected chi connectivity index (χ2v) is 5.85. The van der Waals surface area contributed by atoms with Crippen LogP contribution in [0.5, 0.6) is 0 Å². The maximum atomic E-state index is 5.11. The van der Waals surface area contributed by atoms with Gasteiger partial charge >= 0.3 is 0 Å². The van der Waals surface area contributed by atoms with Gasteiger partial charge in [0.1, 0.15) is 0 Å². The van der Waals surface area contributed by atoms with Crippen molar-refractivity contribution in [1.82, 2.24) is 5.32 Å². The molecule has 20 heavy (non-hydrogen) atoms. The van der Waals surface area contributed by atoms with Crippen molar-refractivity contribution >= 4 is 0 Å². The molecular weight excluding hydrogens is 246 g/mol. The molecule has 2 unspecified atom stereocenters. The molecule has 0 amide bonds. The number of benzene rings is 1. The molecule has 0 radical (unpaired) electrons. The Bertz CT molecular complexity index is 364. The van der Waals surface area contributed by atoms with E-state index in [1.807, 2.05) is 0 Å². The summed E-state index contributed by atoms with van der Waals surface area (Å²) in [5.41, 5.74) is 2.91. The minimum Gasteiger partial charge on any atom is -0.383 e. The number of aryl methyl sites for hydroxylation is 1. The SMILES string of the molecule is CCCC(C)C(CNCCOC)Cc1ccccc1C. The molecule has 2 heteroatoms. The average molecular weight is 277 g/mol. The lowest BCUT2D eigenvalue weighted by atomic mass is 9.84. The van der Waals surface area contributed by atoms with E-state index in [1.165, 1.54) is 30.4 Å². The minimum absolute atomic E-state index is 0.702. The topological polar surface area (TPSA) is 21.3 Å². The van der Waals surface area contributed by atoms with Gasteiger partial charge in [-0.3, -0.25) is 0 Å². The zero-order valence-electron chi connectivity index (χ0n) is 13.6. The lowest BCUT2D eigenvalue weighted by Gasteiger charge is -2.25. The van der Waals surface area contributed by atoms with E-state index in [4.69, 9.17) is 4.74 Å². The summed E-state index contributed by atoms with van der Waals surface area (Å²) in [6.07, 6.45) is 3.75. The minimum atomic E-state index is 0.702. The molecule has 0 saturated carbocycles. The van der Waals surface area contributed by atoms with Gasteiger partial charge in [0.25, 0.3) is 0 Å². The normalized spacial score (nSPS) is 14.2. The molecule has 0 heterocycles. The largest absolute Gasteiger partial charge is 0.383 e. The number of rotatable bonds is 10. The van der Waals surface area contributed by atoms with Crippen LogP contribution in [0.1, 0.15) is 37.8 Å². The fourth-order valence-electron chi connectivity index (χ4n) is 2.75. The van der Waals surface area contributed by atoms with Gasteiger partial charge in [-0.2, -0.15) is 0 Å². The molecule has 1 aromatic carbocycles. The molecule has 2 nitrogen and oxygen atoms in total. The summed E-state index contributed by atoms with van der Waals surface area (Å²) in [4.78, 5) is 0. The molecule has 1 rings (SSSR count). The lowest BCUT2D eigenvalue weighted by molar-refractivity contribution is 0.195. The van der Waals surface area contributed by atoms with E-state index in [2.05, 4.69) is 50.4 Å². The molecule has 0 bridgehead atoms. The number of ether oxygens (including phenoxy) is 1. The van der Waals surface area contributed by atoms with Gasteiger partial charge in [0, 0.05) is 13.7 Å². The highest BCUT2D eigenvalue weighted by Crippen LogP contribution is 2.22. The fraction of sp³-hybridized carbons (Fsp3) is 0.667. The third-order valence-electron chi connectivity index (χ3n) is 4.18. The van der Waals surface area contributed by atoms with Crippen LogP contribution in [-0.4, -0.2) is 26.8 Å². The van der Waals surface area contributed by atoms with Crippen LogP contribution >= 0.6 is 0 Å². The van der Waals surface area contributed by atoms with Gasteiger partial charge in [0.2, 0.25) is 0 Å². The summed E-state index contributed by atoms with van der Waals surface area (Å²) >= 11 is 0. The second kappa shape index (κ2) is 9.95. The van der Waals surface area contributed by atoms with Crippen molar-refractivity contribution in [2.45, 2.75) is 40.0 Å². The van der Waals surface area contributed by atoms with Crippen LogP contribution in [0.25, 0.3) is 0 Å². The molecule has 1 N–H and O–H groups in total. The fourth-order valence-corrected chi connectivity index (χ4v) is 2.75. The van der Waals surface area contributed by atoms with Crippen LogP contribution in [0, 0.1) is 18.8 Å². The molecule has 0 aromatic heterocycles. The second-order valence-electron chi connectivity index (χ2n) is 5.85. The molecule has 0 aliphatic heterocycles. The average Bonchev–Trinajstić information content (AvgIpc) is 2.44. The Morgan fingerprint density at radius 3 is 2.65 bits per heavy atom. The lowest BCUT2D eigenvalue weighted by Crippen LogP contribution is -2.31. The molecule has 0 fully saturated rings. The molecule has 0 spiro atoms. The number of hydrogen-bond donors (Lipinski definition) is 1. The van der Waals surface area contributed by atoms with Crippen molar-refractivity contribution in [3.8, 4) is 0 Å². The molecule has 2 atom stereocenters. The van der Waals surface area contributed by atoms with Crippen LogP contribution in [0.4, 0.5) is 0 Å². The Morgan fingerprint density at radius 1 is 1.25 bits per heavy atom. The Labute approximate surface area is 124 Å². The molecule has 1 aromatic rings. The summed E-state index contributed by atoms with van der Waals surface area (Å²) < 4.78 is 5.11. The van der Waals surface area contributed by atoms with E-state index in [0.29, 0.717) is 5.92 Å². The maximum absolute atomic E-state index is 5.11. The van der Waals surface area contributed by atoms with E-state index in [0.717, 1.165) is 25.6 Å². The van der Waals surface area contributed by atoms with Crippen LogP contribution in [-0.2, 0) is 11.2 Å². The Hall–Kier alpha value is -0.860. The zero-order valence-corrected chi connectivity index (χ0v) is 13.6. The van der Waals surface area contributed by atoms with Gasteiger partial charge in [0.15, 0.2) is 0 Å². The van der Waals surface area contributed by atoms with E-state index in [9.17, 15) is 0 Å². The van der Waals surface area contributed by atoms with Crippen molar-refractivity contribution in [1.29, 1.82) is 0 Å². The first-order valence-corrected chi connectivity index (χ1v) is 7.93. The summed E-state index contributed by atoms with van der Waals surface area (Å²) in [7, 11) is 1.76. The summed E-state index contributed by atoms with van der Waals surface area (Å²) in [5.74, 6) is 1.46. The highest BCUT2D eigenvalue weighted by molar-refractivity contribution is 5.26. The van der Waals surface area contributed by atoms with Gasteiger partial charge in [-0.15, -0.1) is 0 Å². The van der Waals surface area contributed by atoms with E-state index in [-0.39, 0.29) is 0 Å². The van der Waals surface area contributed by atoms with Crippen molar-refractivity contribution in [2.75, 3.05) is 26.8 Å². The van der Waals surface area contributed by atoms with Gasteiger partial charge in [-0.05, 0) is 42.9 Å². The van der Waals surface area contributed by atoms with Crippen LogP contribution in [0.15, 0.2) is 24.3 Å². The molecule has 114 valence electrons. The molecule has 0 saturated heterocycles. The third kappa shape index (κ3) is 6.06. The van der Waals surface area contributed by atoms with Crippen molar-refractivity contribution in [3.63, 3.8) is 0 Å². The van der Waals surface area contributed by atoms with Gasteiger partial charge in [-0.25, -0.2) is 0 Å². The van der Waals surface area contributed by atoms with E-state index >= 15 is 0 Å².